The van der Waals surface area contributed by atoms with Crippen LogP contribution in [0, 0.1) is 5.92 Å². The molecule has 3 heterocycles. The maximum atomic E-state index is 12.9. The molecule has 33 heavy (non-hydrogen) atoms. The fourth-order valence-corrected chi connectivity index (χ4v) is 5.69. The van der Waals surface area contributed by atoms with Gasteiger partial charge in [-0.1, -0.05) is 47.2 Å². The maximum absolute atomic E-state index is 12.9. The number of likely N-dealkylation sites (tertiary alicyclic amines) is 1. The number of piperidine rings is 1. The Kier molecular flexibility index (Phi) is 6.23. The quantitative estimate of drug-likeness (QED) is 0.617. The fourth-order valence-electron chi connectivity index (χ4n) is 4.65. The first-order chi connectivity index (χ1) is 16.0. The van der Waals surface area contributed by atoms with Crippen molar-refractivity contribution in [3.8, 4) is 0 Å². The summed E-state index contributed by atoms with van der Waals surface area (Å²) >= 11 is 7.19. The van der Waals surface area contributed by atoms with Crippen molar-refractivity contribution in [3.63, 3.8) is 0 Å². The molecule has 9 heteroatoms. The van der Waals surface area contributed by atoms with Gasteiger partial charge in [-0.25, -0.2) is 5.01 Å². The van der Waals surface area contributed by atoms with E-state index in [4.69, 9.17) is 11.6 Å². The van der Waals surface area contributed by atoms with Crippen LogP contribution in [0.2, 0.25) is 5.02 Å². The van der Waals surface area contributed by atoms with Crippen molar-refractivity contribution in [2.75, 3.05) is 19.6 Å². The number of fused-ring (bicyclic) bond motifs is 2. The number of nitrogens with one attached hydrogen (secondary N) is 1. The van der Waals surface area contributed by atoms with E-state index in [1.54, 1.807) is 23.1 Å². The third-order valence-electron chi connectivity index (χ3n) is 6.54. The first kappa shape index (κ1) is 22.1. The zero-order chi connectivity index (χ0) is 22.9. The lowest BCUT2D eigenvalue weighted by Gasteiger charge is -2.34. The van der Waals surface area contributed by atoms with E-state index in [-0.39, 0.29) is 29.1 Å². The molecule has 7 nitrogen and oxygen atoms in total. The van der Waals surface area contributed by atoms with E-state index in [1.165, 1.54) is 15.7 Å². The average molecular weight is 485 g/mol. The van der Waals surface area contributed by atoms with Gasteiger partial charge in [-0.3, -0.25) is 24.4 Å². The molecule has 2 aromatic carbocycles. The number of rotatable bonds is 4. The molecule has 5 rings (SSSR count). The van der Waals surface area contributed by atoms with Crippen LogP contribution < -0.4 is 10.3 Å². The van der Waals surface area contributed by atoms with E-state index < -0.39 is 0 Å². The van der Waals surface area contributed by atoms with E-state index in [9.17, 15) is 14.4 Å². The predicted molar refractivity (Wildman–Crippen MR) is 129 cm³/mol. The first-order valence-electron chi connectivity index (χ1n) is 11.2. The lowest BCUT2D eigenvalue weighted by molar-refractivity contribution is -0.138. The Morgan fingerprint density at radius 2 is 1.82 bits per heavy atom. The highest BCUT2D eigenvalue weighted by Crippen LogP contribution is 2.23. The number of halogens is 1. The van der Waals surface area contributed by atoms with Crippen molar-refractivity contribution in [2.24, 2.45) is 5.92 Å². The molecule has 0 radical (unpaired) electrons. The minimum absolute atomic E-state index is 0.0107. The van der Waals surface area contributed by atoms with E-state index in [0.29, 0.717) is 43.0 Å². The molecule has 1 fully saturated rings. The highest BCUT2D eigenvalue weighted by Gasteiger charge is 2.29. The number of hydrogen-bond acceptors (Lipinski definition) is 5. The van der Waals surface area contributed by atoms with Gasteiger partial charge in [0.05, 0.1) is 10.2 Å². The molecule has 0 aliphatic carbocycles. The molecule has 1 aromatic heterocycles. The third-order valence-corrected chi connectivity index (χ3v) is 7.74. The van der Waals surface area contributed by atoms with E-state index in [1.807, 2.05) is 11.1 Å². The zero-order valence-electron chi connectivity index (χ0n) is 18.1. The summed E-state index contributed by atoms with van der Waals surface area (Å²) in [7, 11) is 0. The van der Waals surface area contributed by atoms with Crippen molar-refractivity contribution in [3.05, 3.63) is 68.3 Å². The van der Waals surface area contributed by atoms with Crippen molar-refractivity contribution in [1.82, 2.24) is 19.9 Å². The molecule has 2 aliphatic rings. The van der Waals surface area contributed by atoms with Gasteiger partial charge in [-0.2, -0.15) is 0 Å². The summed E-state index contributed by atoms with van der Waals surface area (Å²) in [4.78, 5) is 39.7. The molecule has 172 valence electrons. The van der Waals surface area contributed by atoms with Crippen molar-refractivity contribution in [1.29, 1.82) is 0 Å². The molecule has 0 saturated carbocycles. The highest BCUT2D eigenvalue weighted by atomic mass is 35.5. The van der Waals surface area contributed by atoms with Gasteiger partial charge < -0.3 is 4.90 Å². The molecule has 0 bridgehead atoms. The van der Waals surface area contributed by atoms with Gasteiger partial charge in [-0.05, 0) is 48.6 Å². The van der Waals surface area contributed by atoms with Crippen LogP contribution in [0.5, 0.6) is 0 Å². The molecular weight excluding hydrogens is 460 g/mol. The lowest BCUT2D eigenvalue weighted by Crippen LogP contribution is -2.50. The maximum Gasteiger partial charge on any atom is 0.308 e. The predicted octanol–water partition coefficient (Wildman–Crippen LogP) is 3.04. The Bertz CT molecular complexity index is 1260. The third kappa shape index (κ3) is 4.69. The van der Waals surface area contributed by atoms with Crippen molar-refractivity contribution in [2.45, 2.75) is 32.4 Å². The first-order valence-corrected chi connectivity index (χ1v) is 12.4. The Labute approximate surface area is 200 Å². The summed E-state index contributed by atoms with van der Waals surface area (Å²) in [5, 5.41) is 2.52. The van der Waals surface area contributed by atoms with Gasteiger partial charge in [0.2, 0.25) is 11.8 Å². The van der Waals surface area contributed by atoms with Crippen LogP contribution in [0.15, 0.2) is 47.3 Å². The second-order valence-corrected chi connectivity index (χ2v) is 10.1. The van der Waals surface area contributed by atoms with Gasteiger partial charge in [0, 0.05) is 37.1 Å². The van der Waals surface area contributed by atoms with Gasteiger partial charge in [-0.15, -0.1) is 0 Å². The van der Waals surface area contributed by atoms with Crippen molar-refractivity contribution >= 4 is 45.0 Å². The number of benzene rings is 2. The highest BCUT2D eigenvalue weighted by molar-refractivity contribution is 7.16. The van der Waals surface area contributed by atoms with Crippen LogP contribution >= 0.6 is 22.9 Å². The van der Waals surface area contributed by atoms with Gasteiger partial charge in [0.15, 0.2) is 0 Å². The molecule has 0 spiro atoms. The van der Waals surface area contributed by atoms with Crippen LogP contribution in [-0.2, 0) is 29.1 Å². The largest absolute Gasteiger partial charge is 0.341 e. The summed E-state index contributed by atoms with van der Waals surface area (Å²) in [6.07, 6.45) is 2.16. The minimum Gasteiger partial charge on any atom is -0.341 e. The Morgan fingerprint density at radius 1 is 1.06 bits per heavy atom. The number of hydrazine groups is 1. The van der Waals surface area contributed by atoms with Gasteiger partial charge >= 0.3 is 4.87 Å². The molecular formula is C24H25ClN4O3S. The summed E-state index contributed by atoms with van der Waals surface area (Å²) in [5.41, 5.74) is 6.35. The lowest BCUT2D eigenvalue weighted by atomic mass is 9.96. The molecule has 0 unspecified atom stereocenters. The fraction of sp³-hybridized carbons (Fsp3) is 0.375. The van der Waals surface area contributed by atoms with Gasteiger partial charge in [0.25, 0.3) is 0 Å². The zero-order valence-corrected chi connectivity index (χ0v) is 19.7. The number of aromatic nitrogens is 1. The molecule has 2 amide bonds. The summed E-state index contributed by atoms with van der Waals surface area (Å²) in [5.74, 6) is -0.200. The number of amides is 2. The SMILES string of the molecule is O=C(NN1CCc2ccccc2C1)C1CCN(C(=O)Cn2c(=O)sc3ccc(Cl)cc32)CC1. The minimum atomic E-state index is -0.169. The number of hydrogen-bond donors (Lipinski definition) is 1. The van der Waals surface area contributed by atoms with Crippen LogP contribution in [0.3, 0.4) is 0 Å². The average Bonchev–Trinajstić information content (AvgIpc) is 3.13. The number of thiazole rings is 1. The topological polar surface area (TPSA) is 74.7 Å². The summed E-state index contributed by atoms with van der Waals surface area (Å²) in [6, 6.07) is 13.6. The van der Waals surface area contributed by atoms with Crippen LogP contribution in [0.4, 0.5) is 0 Å². The smallest absolute Gasteiger partial charge is 0.308 e. The Balaban J connectivity index is 1.16. The number of carbonyl (C=O) groups excluding carboxylic acids is 2. The van der Waals surface area contributed by atoms with Crippen molar-refractivity contribution < 1.29 is 9.59 Å². The van der Waals surface area contributed by atoms with E-state index >= 15 is 0 Å². The van der Waals surface area contributed by atoms with Crippen LogP contribution in [0.25, 0.3) is 10.2 Å². The Hall–Kier alpha value is -2.68. The number of carbonyl (C=O) groups is 2. The van der Waals surface area contributed by atoms with Crippen LogP contribution in [-0.4, -0.2) is 45.9 Å². The second-order valence-electron chi connectivity index (χ2n) is 8.64. The second kappa shape index (κ2) is 9.29. The molecule has 1 saturated heterocycles. The van der Waals surface area contributed by atoms with Gasteiger partial charge in [0.1, 0.15) is 6.54 Å². The summed E-state index contributed by atoms with van der Waals surface area (Å²) < 4.78 is 2.30. The monoisotopic (exact) mass is 484 g/mol. The van der Waals surface area contributed by atoms with E-state index in [2.05, 4.69) is 23.6 Å². The molecule has 3 aromatic rings. The van der Waals surface area contributed by atoms with Crippen LogP contribution in [0.1, 0.15) is 24.0 Å². The molecule has 0 atom stereocenters. The Morgan fingerprint density at radius 3 is 2.61 bits per heavy atom. The number of nitrogens with zero attached hydrogens (tertiary/aromatic N) is 3. The standard InChI is InChI=1S/C24H25ClN4O3S/c25-19-5-6-21-20(13-19)29(24(32)33-21)15-22(30)27-10-7-17(8-11-27)23(31)26-28-12-9-16-3-1-2-4-18(16)14-28/h1-6,13,17H,7-12,14-15H2,(H,26,31). The normalized spacial score (nSPS) is 17.2. The summed E-state index contributed by atoms with van der Waals surface area (Å²) in [6.45, 7) is 2.53. The van der Waals surface area contributed by atoms with E-state index in [0.717, 1.165) is 29.0 Å². The molecule has 2 aliphatic heterocycles. The molecule has 1 N–H and O–H groups in total.